The summed E-state index contributed by atoms with van der Waals surface area (Å²) in [6, 6.07) is 21.9. The van der Waals surface area contributed by atoms with Gasteiger partial charge in [-0.15, -0.1) is 0 Å². The third-order valence-corrected chi connectivity index (χ3v) is 6.43. The Morgan fingerprint density at radius 1 is 0.714 bits per heavy atom. The number of ketones is 1. The normalized spacial score (nSPS) is 16.4. The zero-order chi connectivity index (χ0) is 24.1. The number of hydrogen-bond acceptors (Lipinski definition) is 6. The number of carbonyl (C=O) groups is 2. The van der Waals surface area contributed by atoms with Gasteiger partial charge in [-0.05, 0) is 35.4 Å². The molecular formula is C29H20O6. The summed E-state index contributed by atoms with van der Waals surface area (Å²) < 4.78 is 22.5. The van der Waals surface area contributed by atoms with Gasteiger partial charge in [0.1, 0.15) is 23.9 Å². The molecule has 6 heteroatoms. The van der Waals surface area contributed by atoms with Gasteiger partial charge in [-0.25, -0.2) is 4.79 Å². The molecule has 35 heavy (non-hydrogen) atoms. The van der Waals surface area contributed by atoms with Crippen molar-refractivity contribution < 1.29 is 28.5 Å². The van der Waals surface area contributed by atoms with Gasteiger partial charge in [0.25, 0.3) is 0 Å². The number of Topliss-reactive ketones (excluding diaryl/α,β-unsaturated/α-hetero) is 1. The van der Waals surface area contributed by atoms with Gasteiger partial charge < -0.3 is 18.9 Å². The van der Waals surface area contributed by atoms with E-state index in [1.807, 2.05) is 54.6 Å². The molecule has 0 aromatic heterocycles. The Bertz CT molecular complexity index is 1490. The van der Waals surface area contributed by atoms with Crippen LogP contribution < -0.4 is 14.2 Å². The van der Waals surface area contributed by atoms with Gasteiger partial charge in [-0.1, -0.05) is 42.5 Å². The number of benzene rings is 3. The fourth-order valence-corrected chi connectivity index (χ4v) is 4.77. The van der Waals surface area contributed by atoms with Crippen molar-refractivity contribution in [1.82, 2.24) is 0 Å². The molecule has 0 saturated heterocycles. The van der Waals surface area contributed by atoms with Gasteiger partial charge in [-0.2, -0.15) is 0 Å². The van der Waals surface area contributed by atoms with Crippen LogP contribution in [0.4, 0.5) is 0 Å². The van der Waals surface area contributed by atoms with E-state index in [1.54, 1.807) is 32.4 Å². The highest BCUT2D eigenvalue weighted by Gasteiger charge is 2.45. The molecule has 6 nitrogen and oxygen atoms in total. The van der Waals surface area contributed by atoms with Crippen molar-refractivity contribution in [2.24, 2.45) is 0 Å². The molecule has 2 heterocycles. The molecule has 6 rings (SSSR count). The molecule has 0 saturated carbocycles. The summed E-state index contributed by atoms with van der Waals surface area (Å²) in [4.78, 5) is 27.2. The van der Waals surface area contributed by atoms with Crippen LogP contribution in [0.25, 0.3) is 16.7 Å². The first-order valence-electron chi connectivity index (χ1n) is 11.1. The number of hydrogen-bond donors (Lipinski definition) is 0. The van der Waals surface area contributed by atoms with Crippen LogP contribution in [0.5, 0.6) is 17.2 Å². The lowest BCUT2D eigenvalue weighted by Crippen LogP contribution is -2.24. The van der Waals surface area contributed by atoms with Gasteiger partial charge in [-0.3, -0.25) is 4.79 Å². The van der Waals surface area contributed by atoms with Gasteiger partial charge in [0.05, 0.1) is 25.4 Å². The molecule has 0 fully saturated rings. The Morgan fingerprint density at radius 2 is 1.40 bits per heavy atom. The zero-order valence-corrected chi connectivity index (χ0v) is 19.1. The lowest BCUT2D eigenvalue weighted by Gasteiger charge is -2.29. The van der Waals surface area contributed by atoms with E-state index in [2.05, 4.69) is 0 Å². The topological polar surface area (TPSA) is 71.1 Å². The molecule has 172 valence electrons. The van der Waals surface area contributed by atoms with E-state index in [0.29, 0.717) is 61.8 Å². The maximum atomic E-state index is 13.8. The second-order valence-corrected chi connectivity index (χ2v) is 8.27. The smallest absolute Gasteiger partial charge is 0.344 e. The Hall–Kier alpha value is -4.58. The molecule has 0 N–H and O–H groups in total. The van der Waals surface area contributed by atoms with Crippen LogP contribution in [0.3, 0.4) is 0 Å². The van der Waals surface area contributed by atoms with Crippen molar-refractivity contribution in [1.29, 1.82) is 0 Å². The maximum absolute atomic E-state index is 13.8. The molecule has 3 aliphatic rings. The minimum absolute atomic E-state index is 0.0749. The third kappa shape index (κ3) is 3.18. The van der Waals surface area contributed by atoms with Crippen LogP contribution in [0.15, 0.2) is 89.7 Å². The SMILES string of the molecule is COc1ccc(C2=C3C(=C(c4ccccc4)C(=O)C4=C3c3ccc(OC)cc3OC4)OC2=O)cc1. The van der Waals surface area contributed by atoms with Crippen molar-refractivity contribution >= 4 is 28.5 Å². The number of methoxy groups -OCH3 is 2. The summed E-state index contributed by atoms with van der Waals surface area (Å²) in [5.41, 5.74) is 4.58. The average Bonchev–Trinajstić information content (AvgIpc) is 3.24. The molecule has 0 unspecified atom stereocenters. The summed E-state index contributed by atoms with van der Waals surface area (Å²) in [6.45, 7) is 0.0749. The highest BCUT2D eigenvalue weighted by molar-refractivity contribution is 6.39. The van der Waals surface area contributed by atoms with Crippen LogP contribution >= 0.6 is 0 Å². The van der Waals surface area contributed by atoms with Crippen molar-refractivity contribution in [2.45, 2.75) is 0 Å². The van der Waals surface area contributed by atoms with Crippen molar-refractivity contribution in [3.63, 3.8) is 0 Å². The molecule has 3 aromatic carbocycles. The summed E-state index contributed by atoms with van der Waals surface area (Å²) >= 11 is 0. The second kappa shape index (κ2) is 8.02. The van der Waals surface area contributed by atoms with Crippen LogP contribution in [0.1, 0.15) is 16.7 Å². The highest BCUT2D eigenvalue weighted by atomic mass is 16.5. The van der Waals surface area contributed by atoms with Crippen LogP contribution in [0.2, 0.25) is 0 Å². The summed E-state index contributed by atoms with van der Waals surface area (Å²) in [6.07, 6.45) is 0. The molecule has 1 aliphatic carbocycles. The van der Waals surface area contributed by atoms with Gasteiger partial charge in [0.2, 0.25) is 0 Å². The van der Waals surface area contributed by atoms with Crippen molar-refractivity contribution in [3.8, 4) is 17.2 Å². The first-order chi connectivity index (χ1) is 17.1. The molecule has 2 aliphatic heterocycles. The first-order valence-corrected chi connectivity index (χ1v) is 11.1. The lowest BCUT2D eigenvalue weighted by molar-refractivity contribution is -0.131. The second-order valence-electron chi connectivity index (χ2n) is 8.27. The quantitative estimate of drug-likeness (QED) is 0.514. The Balaban J connectivity index is 1.66. The van der Waals surface area contributed by atoms with Gasteiger partial charge in [0.15, 0.2) is 11.5 Å². The minimum atomic E-state index is -0.503. The number of allylic oxidation sites excluding steroid dienone is 2. The van der Waals surface area contributed by atoms with E-state index in [9.17, 15) is 9.59 Å². The minimum Gasteiger partial charge on any atom is -0.497 e. The van der Waals surface area contributed by atoms with E-state index in [-0.39, 0.29) is 18.1 Å². The lowest BCUT2D eigenvalue weighted by atomic mass is 9.77. The molecule has 0 amide bonds. The monoisotopic (exact) mass is 464 g/mol. The summed E-state index contributed by atoms with van der Waals surface area (Å²) in [7, 11) is 3.17. The molecule has 0 bridgehead atoms. The van der Waals surface area contributed by atoms with E-state index in [1.165, 1.54) is 0 Å². The molecule has 0 radical (unpaired) electrons. The predicted molar refractivity (Wildman–Crippen MR) is 130 cm³/mol. The largest absolute Gasteiger partial charge is 0.497 e. The standard InChI is InChI=1S/C29H20O6/c1-32-18-10-8-17(9-11-18)23-26-25-20-13-12-19(33-2)14-22(20)34-15-21(25)27(30)24(28(26)35-29(23)31)16-6-4-3-5-7-16/h3-14H,15H2,1-2H3. The number of fused-ring (bicyclic) bond motifs is 4. The first kappa shape index (κ1) is 21.0. The Morgan fingerprint density at radius 3 is 2.11 bits per heavy atom. The zero-order valence-electron chi connectivity index (χ0n) is 19.1. The fourth-order valence-electron chi connectivity index (χ4n) is 4.77. The Kier molecular flexibility index (Phi) is 4.81. The van der Waals surface area contributed by atoms with E-state index >= 15 is 0 Å². The average molecular weight is 464 g/mol. The fraction of sp³-hybridized carbons (Fsp3) is 0.103. The van der Waals surface area contributed by atoms with Crippen molar-refractivity contribution in [2.75, 3.05) is 20.8 Å². The molecular weight excluding hydrogens is 444 g/mol. The molecule has 0 atom stereocenters. The van der Waals surface area contributed by atoms with Crippen LogP contribution in [-0.2, 0) is 14.3 Å². The number of esters is 1. The Labute approximate surface area is 201 Å². The van der Waals surface area contributed by atoms with Crippen LogP contribution in [-0.4, -0.2) is 32.6 Å². The maximum Gasteiger partial charge on any atom is 0.344 e. The molecule has 3 aromatic rings. The number of carbonyl (C=O) groups excluding carboxylic acids is 2. The molecule has 0 spiro atoms. The van der Waals surface area contributed by atoms with Gasteiger partial charge >= 0.3 is 5.97 Å². The van der Waals surface area contributed by atoms with E-state index in [4.69, 9.17) is 18.9 Å². The van der Waals surface area contributed by atoms with Crippen LogP contribution in [0, 0.1) is 0 Å². The number of ether oxygens (including phenoxy) is 4. The summed E-state index contributed by atoms with van der Waals surface area (Å²) in [5.74, 6) is 1.46. The van der Waals surface area contributed by atoms with E-state index in [0.717, 1.165) is 0 Å². The highest BCUT2D eigenvalue weighted by Crippen LogP contribution is 2.52. The third-order valence-electron chi connectivity index (χ3n) is 6.43. The van der Waals surface area contributed by atoms with E-state index < -0.39 is 5.97 Å². The number of rotatable bonds is 4. The van der Waals surface area contributed by atoms with Gasteiger partial charge in [0, 0.05) is 28.3 Å². The summed E-state index contributed by atoms with van der Waals surface area (Å²) in [5, 5.41) is 0. The van der Waals surface area contributed by atoms with Crippen molar-refractivity contribution in [3.05, 3.63) is 106 Å². The predicted octanol–water partition coefficient (Wildman–Crippen LogP) is 4.85.